The first-order valence-electron chi connectivity index (χ1n) is 10.6. The van der Waals surface area contributed by atoms with Gasteiger partial charge >= 0.3 is 0 Å². The molecule has 8 nitrogen and oxygen atoms in total. The van der Waals surface area contributed by atoms with Crippen LogP contribution in [0.2, 0.25) is 0 Å². The summed E-state index contributed by atoms with van der Waals surface area (Å²) in [7, 11) is -11.3. The molecule has 0 saturated carbocycles. The molecule has 178 valence electrons. The molecule has 0 aliphatic carbocycles. The molecule has 0 unspecified atom stereocenters. The molecule has 1 N–H and O–H groups in total. The average molecular weight is 511 g/mol. The first kappa shape index (κ1) is 23.9. The van der Waals surface area contributed by atoms with Crippen LogP contribution in [0.4, 0.5) is 0 Å². The highest BCUT2D eigenvalue weighted by molar-refractivity contribution is 7.91. The van der Waals surface area contributed by atoms with Crippen LogP contribution in [0.1, 0.15) is 38.2 Å². The van der Waals surface area contributed by atoms with Crippen LogP contribution in [0.3, 0.4) is 0 Å². The van der Waals surface area contributed by atoms with Gasteiger partial charge in [0.15, 0.2) is 0 Å². The Labute approximate surface area is 194 Å². The fraction of sp³-hybridized carbons (Fsp3) is 0.364. The molecule has 0 atom stereocenters. The molecule has 1 aliphatic rings. The standard InChI is InChI=1S/C22H26N2O6S3/c1-16(2)19-9-6-10-20-22(19)21(15-24(20)33(29,30)18-7-4-3-5-8-18)32(27,28)23-17-11-13-31(25,26)14-12-17/h3-10,15-17,23H,11-14H2,1-2H3. The average Bonchev–Trinajstić information content (AvgIpc) is 3.17. The van der Waals surface area contributed by atoms with Crippen molar-refractivity contribution >= 4 is 40.8 Å². The van der Waals surface area contributed by atoms with E-state index in [1.54, 1.807) is 36.4 Å². The Morgan fingerprint density at radius 1 is 0.939 bits per heavy atom. The van der Waals surface area contributed by atoms with E-state index in [-0.39, 0.29) is 45.6 Å². The van der Waals surface area contributed by atoms with Crippen LogP contribution in [-0.2, 0) is 29.9 Å². The van der Waals surface area contributed by atoms with Gasteiger partial charge in [-0.2, -0.15) is 0 Å². The van der Waals surface area contributed by atoms with Crippen LogP contribution in [0.5, 0.6) is 0 Å². The smallest absolute Gasteiger partial charge is 0.240 e. The van der Waals surface area contributed by atoms with Crippen molar-refractivity contribution in [2.45, 2.75) is 48.4 Å². The quantitative estimate of drug-likeness (QED) is 0.545. The van der Waals surface area contributed by atoms with Crippen LogP contribution < -0.4 is 4.72 Å². The number of fused-ring (bicyclic) bond motifs is 1. The van der Waals surface area contributed by atoms with Gasteiger partial charge in [-0.1, -0.05) is 44.2 Å². The Morgan fingerprint density at radius 2 is 1.58 bits per heavy atom. The summed E-state index contributed by atoms with van der Waals surface area (Å²) in [5, 5.41) is 0.350. The number of hydrogen-bond donors (Lipinski definition) is 1. The number of rotatable bonds is 6. The molecule has 3 aromatic rings. The summed E-state index contributed by atoms with van der Waals surface area (Å²) < 4.78 is 80.8. The summed E-state index contributed by atoms with van der Waals surface area (Å²) in [5.74, 6) is -0.221. The summed E-state index contributed by atoms with van der Waals surface area (Å²) in [5.41, 5.74) is 0.984. The van der Waals surface area contributed by atoms with E-state index in [0.29, 0.717) is 10.9 Å². The van der Waals surface area contributed by atoms with E-state index < -0.39 is 35.9 Å². The summed E-state index contributed by atoms with van der Waals surface area (Å²) in [6.45, 7) is 3.82. The number of hydrogen-bond acceptors (Lipinski definition) is 6. The number of benzene rings is 2. The van der Waals surface area contributed by atoms with Crippen molar-refractivity contribution in [2.75, 3.05) is 11.5 Å². The lowest BCUT2D eigenvalue weighted by atomic mass is 9.99. The molecule has 2 heterocycles. The van der Waals surface area contributed by atoms with Crippen molar-refractivity contribution in [3.05, 3.63) is 60.3 Å². The zero-order valence-electron chi connectivity index (χ0n) is 18.3. The Balaban J connectivity index is 1.88. The highest BCUT2D eigenvalue weighted by Crippen LogP contribution is 2.35. The highest BCUT2D eigenvalue weighted by Gasteiger charge is 2.32. The third-order valence-corrected chi connectivity index (χ3v) is 10.8. The number of sulfonamides is 1. The van der Waals surface area contributed by atoms with Gasteiger partial charge in [0.05, 0.1) is 21.9 Å². The Bertz CT molecular complexity index is 1490. The fourth-order valence-corrected chi connectivity index (χ4v) is 8.61. The van der Waals surface area contributed by atoms with Crippen LogP contribution in [-0.4, -0.2) is 46.8 Å². The largest absolute Gasteiger partial charge is 0.268 e. The Morgan fingerprint density at radius 3 is 2.18 bits per heavy atom. The van der Waals surface area contributed by atoms with Gasteiger partial charge < -0.3 is 0 Å². The molecule has 0 spiro atoms. The Kier molecular flexibility index (Phi) is 6.19. The van der Waals surface area contributed by atoms with E-state index >= 15 is 0 Å². The van der Waals surface area contributed by atoms with Crippen molar-refractivity contribution in [2.24, 2.45) is 0 Å². The van der Waals surface area contributed by atoms with Gasteiger partial charge in [0.1, 0.15) is 14.7 Å². The maximum absolute atomic E-state index is 13.5. The molecular formula is C22H26N2O6S3. The van der Waals surface area contributed by atoms with Crippen LogP contribution >= 0.6 is 0 Å². The second-order valence-electron chi connectivity index (χ2n) is 8.55. The lowest BCUT2D eigenvalue weighted by Crippen LogP contribution is -2.40. The second-order valence-corrected chi connectivity index (χ2v) is 14.4. The number of aromatic nitrogens is 1. The monoisotopic (exact) mass is 510 g/mol. The molecule has 11 heteroatoms. The third-order valence-electron chi connectivity index (χ3n) is 5.88. The maximum atomic E-state index is 13.5. The minimum Gasteiger partial charge on any atom is -0.240 e. The molecule has 33 heavy (non-hydrogen) atoms. The van der Waals surface area contributed by atoms with Gasteiger partial charge in [0.25, 0.3) is 10.0 Å². The van der Waals surface area contributed by atoms with E-state index in [1.165, 1.54) is 12.1 Å². The van der Waals surface area contributed by atoms with Gasteiger partial charge in [-0.3, -0.25) is 0 Å². The lowest BCUT2D eigenvalue weighted by Gasteiger charge is -2.22. The predicted octanol–water partition coefficient (Wildman–Crippen LogP) is 2.86. The third kappa shape index (κ3) is 4.59. The van der Waals surface area contributed by atoms with Crippen molar-refractivity contribution in [3.8, 4) is 0 Å². The van der Waals surface area contributed by atoms with Gasteiger partial charge in [-0.15, -0.1) is 0 Å². The van der Waals surface area contributed by atoms with Gasteiger partial charge in [-0.05, 0) is 42.5 Å². The molecule has 1 aromatic heterocycles. The van der Waals surface area contributed by atoms with Crippen molar-refractivity contribution < 1.29 is 25.3 Å². The lowest BCUT2D eigenvalue weighted by molar-refractivity contribution is 0.505. The van der Waals surface area contributed by atoms with Crippen LogP contribution in [0.15, 0.2) is 64.5 Å². The van der Waals surface area contributed by atoms with Gasteiger partial charge in [-0.25, -0.2) is 33.9 Å². The predicted molar refractivity (Wildman–Crippen MR) is 127 cm³/mol. The molecule has 1 fully saturated rings. The summed E-state index contributed by atoms with van der Waals surface area (Å²) >= 11 is 0. The summed E-state index contributed by atoms with van der Waals surface area (Å²) in [6, 6.07) is 12.4. The van der Waals surface area contributed by atoms with Crippen molar-refractivity contribution in [1.29, 1.82) is 0 Å². The zero-order chi connectivity index (χ0) is 24.0. The minimum atomic E-state index is -4.13. The molecule has 4 rings (SSSR count). The first-order valence-corrected chi connectivity index (χ1v) is 15.3. The number of nitrogens with zero attached hydrogens (tertiary/aromatic N) is 1. The van der Waals surface area contributed by atoms with E-state index in [4.69, 9.17) is 0 Å². The zero-order valence-corrected chi connectivity index (χ0v) is 20.8. The number of sulfone groups is 1. The van der Waals surface area contributed by atoms with E-state index in [9.17, 15) is 25.3 Å². The van der Waals surface area contributed by atoms with Crippen LogP contribution in [0.25, 0.3) is 10.9 Å². The first-order chi connectivity index (χ1) is 15.4. The van der Waals surface area contributed by atoms with Crippen molar-refractivity contribution in [3.63, 3.8) is 0 Å². The van der Waals surface area contributed by atoms with E-state index in [2.05, 4.69) is 4.72 Å². The molecular weight excluding hydrogens is 484 g/mol. The van der Waals surface area contributed by atoms with Gasteiger partial charge in [0, 0.05) is 17.6 Å². The Hall–Kier alpha value is -2.21. The normalized spacial score (nSPS) is 17.5. The summed E-state index contributed by atoms with van der Waals surface area (Å²) in [4.78, 5) is -0.0824. The molecule has 0 bridgehead atoms. The van der Waals surface area contributed by atoms with E-state index in [1.807, 2.05) is 13.8 Å². The maximum Gasteiger partial charge on any atom is 0.268 e. The topological polar surface area (TPSA) is 119 Å². The SMILES string of the molecule is CC(C)c1cccc2c1c(S(=O)(=O)NC1CCS(=O)(=O)CC1)cn2S(=O)(=O)c1ccccc1. The second kappa shape index (κ2) is 8.53. The molecule has 2 aromatic carbocycles. The van der Waals surface area contributed by atoms with Crippen LogP contribution in [0, 0.1) is 0 Å². The summed E-state index contributed by atoms with van der Waals surface area (Å²) in [6.07, 6.45) is 1.51. The molecule has 1 saturated heterocycles. The minimum absolute atomic E-state index is 0.0474. The molecule has 0 radical (unpaired) electrons. The molecule has 0 amide bonds. The number of nitrogens with one attached hydrogen (secondary N) is 1. The molecule has 1 aliphatic heterocycles. The highest BCUT2D eigenvalue weighted by atomic mass is 32.2. The van der Waals surface area contributed by atoms with E-state index in [0.717, 1.165) is 10.2 Å². The van der Waals surface area contributed by atoms with Gasteiger partial charge in [0.2, 0.25) is 10.0 Å². The van der Waals surface area contributed by atoms with Crippen molar-refractivity contribution in [1.82, 2.24) is 8.69 Å². The fourth-order valence-electron chi connectivity index (χ4n) is 4.13.